The van der Waals surface area contributed by atoms with Crippen LogP contribution in [0.1, 0.15) is 44.9 Å². The highest BCUT2D eigenvalue weighted by Gasteiger charge is 2.39. The van der Waals surface area contributed by atoms with Crippen molar-refractivity contribution in [2.45, 2.75) is 51.0 Å². The number of hydrogen-bond donors (Lipinski definition) is 3. The lowest BCUT2D eigenvalue weighted by Crippen LogP contribution is -2.48. The van der Waals surface area contributed by atoms with Crippen LogP contribution in [0.3, 0.4) is 0 Å². The molecule has 6 heteroatoms. The molecule has 0 aromatic heterocycles. The second-order valence-corrected chi connectivity index (χ2v) is 6.59. The van der Waals surface area contributed by atoms with Gasteiger partial charge in [0.2, 0.25) is 5.91 Å². The lowest BCUT2D eigenvalue weighted by atomic mass is 9.80. The number of carbonyl (C=O) groups excluding carboxylic acids is 1. The maximum absolute atomic E-state index is 11.9. The van der Waals surface area contributed by atoms with Crippen LogP contribution >= 0.6 is 11.8 Å². The molecule has 1 atom stereocenters. The first-order valence-corrected chi connectivity index (χ1v) is 8.67. The summed E-state index contributed by atoms with van der Waals surface area (Å²) >= 11 is 1.65. The third-order valence-corrected chi connectivity index (χ3v) is 4.73. The quantitative estimate of drug-likeness (QED) is 0.621. The van der Waals surface area contributed by atoms with Crippen molar-refractivity contribution in [3.8, 4) is 0 Å². The molecule has 0 radical (unpaired) electrons. The van der Waals surface area contributed by atoms with Crippen molar-refractivity contribution in [2.75, 3.05) is 18.6 Å². The molecule has 1 rings (SSSR count). The molecule has 4 N–H and O–H groups in total. The molecule has 1 amide bonds. The predicted molar refractivity (Wildman–Crippen MR) is 81.8 cm³/mol. The van der Waals surface area contributed by atoms with Crippen molar-refractivity contribution in [3.05, 3.63) is 0 Å². The minimum atomic E-state index is -0.800. The number of nitrogens with one attached hydrogen (secondary N) is 1. The fourth-order valence-electron chi connectivity index (χ4n) is 2.63. The Balaban J connectivity index is 2.54. The molecule has 0 unspecified atom stereocenters. The third-order valence-electron chi connectivity index (χ3n) is 4.09. The van der Waals surface area contributed by atoms with E-state index in [-0.39, 0.29) is 12.5 Å². The smallest absolute Gasteiger partial charge is 0.311 e. The summed E-state index contributed by atoms with van der Waals surface area (Å²) in [6.07, 6.45) is 7.86. The zero-order chi connectivity index (χ0) is 15.0. The van der Waals surface area contributed by atoms with Gasteiger partial charge in [0.25, 0.3) is 0 Å². The van der Waals surface area contributed by atoms with E-state index in [9.17, 15) is 14.7 Å². The molecule has 1 aliphatic rings. The van der Waals surface area contributed by atoms with Crippen LogP contribution in [0.5, 0.6) is 0 Å². The Labute approximate surface area is 125 Å². The van der Waals surface area contributed by atoms with Gasteiger partial charge in [-0.2, -0.15) is 11.8 Å². The number of rotatable bonds is 7. The highest BCUT2D eigenvalue weighted by atomic mass is 32.2. The lowest BCUT2D eigenvalue weighted by Gasteiger charge is -2.28. The van der Waals surface area contributed by atoms with Gasteiger partial charge >= 0.3 is 5.97 Å². The molecule has 0 saturated heterocycles. The van der Waals surface area contributed by atoms with Crippen molar-refractivity contribution in [1.29, 1.82) is 0 Å². The van der Waals surface area contributed by atoms with E-state index in [2.05, 4.69) is 5.32 Å². The Bertz CT molecular complexity index is 328. The number of carboxylic acids is 1. The van der Waals surface area contributed by atoms with Crippen molar-refractivity contribution in [3.63, 3.8) is 0 Å². The largest absolute Gasteiger partial charge is 0.481 e. The van der Waals surface area contributed by atoms with Crippen molar-refractivity contribution < 1.29 is 14.7 Å². The van der Waals surface area contributed by atoms with Crippen molar-refractivity contribution in [2.24, 2.45) is 11.1 Å². The van der Waals surface area contributed by atoms with Gasteiger partial charge in [-0.25, -0.2) is 0 Å². The number of hydrogen-bond acceptors (Lipinski definition) is 4. The molecule has 5 nitrogen and oxygen atoms in total. The van der Waals surface area contributed by atoms with E-state index in [1.807, 2.05) is 6.26 Å². The summed E-state index contributed by atoms with van der Waals surface area (Å²) in [5.74, 6) is -0.195. The molecule has 1 saturated carbocycles. The van der Waals surface area contributed by atoms with Gasteiger partial charge in [0.1, 0.15) is 0 Å². The maximum Gasteiger partial charge on any atom is 0.311 e. The van der Waals surface area contributed by atoms with Gasteiger partial charge in [-0.05, 0) is 31.3 Å². The number of carboxylic acid groups (broad SMARTS) is 1. The van der Waals surface area contributed by atoms with Gasteiger partial charge in [0.05, 0.1) is 11.5 Å². The molecule has 1 fully saturated rings. The summed E-state index contributed by atoms with van der Waals surface area (Å²) in [4.78, 5) is 23.5. The van der Waals surface area contributed by atoms with E-state index in [1.165, 1.54) is 0 Å². The number of nitrogens with two attached hydrogens (primary N) is 1. The van der Waals surface area contributed by atoms with Crippen LogP contribution < -0.4 is 11.1 Å². The Kier molecular flexibility index (Phi) is 7.37. The van der Waals surface area contributed by atoms with Gasteiger partial charge < -0.3 is 16.2 Å². The summed E-state index contributed by atoms with van der Waals surface area (Å²) in [6, 6.07) is -0.543. The van der Waals surface area contributed by atoms with Crippen LogP contribution in [0.2, 0.25) is 0 Å². The second kappa shape index (κ2) is 8.52. The molecule has 0 aromatic carbocycles. The summed E-state index contributed by atoms with van der Waals surface area (Å²) in [7, 11) is 0. The van der Waals surface area contributed by atoms with Crippen LogP contribution in [-0.2, 0) is 9.59 Å². The zero-order valence-electron chi connectivity index (χ0n) is 12.2. The minimum absolute atomic E-state index is 0.203. The van der Waals surface area contributed by atoms with E-state index in [4.69, 9.17) is 5.73 Å². The minimum Gasteiger partial charge on any atom is -0.481 e. The fourth-order valence-corrected chi connectivity index (χ4v) is 3.12. The molecule has 0 spiro atoms. The molecular weight excluding hydrogens is 276 g/mol. The normalized spacial score (nSPS) is 19.9. The van der Waals surface area contributed by atoms with Crippen molar-refractivity contribution >= 4 is 23.6 Å². The highest BCUT2D eigenvalue weighted by Crippen LogP contribution is 2.34. The highest BCUT2D eigenvalue weighted by molar-refractivity contribution is 7.98. The van der Waals surface area contributed by atoms with Gasteiger partial charge in [0.15, 0.2) is 0 Å². The third kappa shape index (κ3) is 4.98. The number of carbonyl (C=O) groups is 2. The fraction of sp³-hybridized carbons (Fsp3) is 0.857. The Morgan fingerprint density at radius 1 is 1.30 bits per heavy atom. The molecule has 0 aliphatic heterocycles. The van der Waals surface area contributed by atoms with Crippen LogP contribution in [-0.4, -0.2) is 41.6 Å². The summed E-state index contributed by atoms with van der Waals surface area (Å²) < 4.78 is 0. The Hall–Kier alpha value is -0.750. The molecule has 1 aliphatic carbocycles. The predicted octanol–water partition coefficient (Wildman–Crippen LogP) is 1.61. The van der Waals surface area contributed by atoms with Crippen LogP contribution in [0.25, 0.3) is 0 Å². The summed E-state index contributed by atoms with van der Waals surface area (Å²) in [5, 5.41) is 12.3. The molecule has 0 bridgehead atoms. The average Bonchev–Trinajstić information content (AvgIpc) is 2.68. The molecule has 116 valence electrons. The monoisotopic (exact) mass is 302 g/mol. The maximum atomic E-state index is 11.9. The van der Waals surface area contributed by atoms with Crippen LogP contribution in [0.4, 0.5) is 0 Å². The van der Waals surface area contributed by atoms with E-state index >= 15 is 0 Å². The van der Waals surface area contributed by atoms with E-state index < -0.39 is 17.4 Å². The van der Waals surface area contributed by atoms with Gasteiger partial charge in [0, 0.05) is 6.54 Å². The number of amides is 1. The molecule has 0 heterocycles. The SMILES string of the molecule is CSCC[C@H](N)C(=O)NCC1(C(=O)O)CCCCCC1. The second-order valence-electron chi connectivity index (χ2n) is 5.61. The molecule has 0 aromatic rings. The topological polar surface area (TPSA) is 92.4 Å². The number of thioether (sulfide) groups is 1. The standard InChI is InChI=1S/C14H26N2O3S/c1-20-9-6-11(15)12(17)16-10-14(13(18)19)7-4-2-3-5-8-14/h11H,2-10,15H2,1H3,(H,16,17)(H,18,19)/t11-/m0/s1. The van der Waals surface area contributed by atoms with Crippen molar-refractivity contribution in [1.82, 2.24) is 5.32 Å². The first kappa shape index (κ1) is 17.3. The average molecular weight is 302 g/mol. The lowest BCUT2D eigenvalue weighted by molar-refractivity contribution is -0.149. The van der Waals surface area contributed by atoms with Gasteiger partial charge in [-0.15, -0.1) is 0 Å². The van der Waals surface area contributed by atoms with Crippen LogP contribution in [0, 0.1) is 5.41 Å². The van der Waals surface area contributed by atoms with Crippen LogP contribution in [0.15, 0.2) is 0 Å². The Morgan fingerprint density at radius 3 is 2.40 bits per heavy atom. The Morgan fingerprint density at radius 2 is 1.90 bits per heavy atom. The number of aliphatic carboxylic acids is 1. The zero-order valence-corrected chi connectivity index (χ0v) is 13.0. The first-order valence-electron chi connectivity index (χ1n) is 7.27. The van der Waals surface area contributed by atoms with E-state index in [0.717, 1.165) is 31.4 Å². The van der Waals surface area contributed by atoms with E-state index in [1.54, 1.807) is 11.8 Å². The first-order chi connectivity index (χ1) is 9.52. The molecule has 20 heavy (non-hydrogen) atoms. The van der Waals surface area contributed by atoms with Gasteiger partial charge in [-0.1, -0.05) is 25.7 Å². The summed E-state index contributed by atoms with van der Waals surface area (Å²) in [6.45, 7) is 0.203. The van der Waals surface area contributed by atoms with E-state index in [0.29, 0.717) is 19.3 Å². The molecular formula is C14H26N2O3S. The van der Waals surface area contributed by atoms with Gasteiger partial charge in [-0.3, -0.25) is 9.59 Å². The summed E-state index contributed by atoms with van der Waals surface area (Å²) in [5.41, 5.74) is 5.00.